The molecule has 4 rings (SSSR count). The van der Waals surface area contributed by atoms with E-state index in [1.165, 1.54) is 17.4 Å². The van der Waals surface area contributed by atoms with Crippen LogP contribution in [0.4, 0.5) is 5.69 Å². The summed E-state index contributed by atoms with van der Waals surface area (Å²) in [6.45, 7) is 3.29. The summed E-state index contributed by atoms with van der Waals surface area (Å²) in [7, 11) is 4.77. The number of morpholine rings is 1. The second kappa shape index (κ2) is 10.0. The first-order valence-corrected chi connectivity index (χ1v) is 12.1. The molecule has 1 saturated heterocycles. The monoisotopic (exact) mass is 520 g/mol. The van der Waals surface area contributed by atoms with E-state index in [2.05, 4.69) is 55.3 Å². The van der Waals surface area contributed by atoms with Gasteiger partial charge in [-0.25, -0.2) is 0 Å². The highest BCUT2D eigenvalue weighted by Gasteiger charge is 2.25. The van der Waals surface area contributed by atoms with Crippen LogP contribution >= 0.6 is 27.7 Å². The van der Waals surface area contributed by atoms with Crippen molar-refractivity contribution in [2.75, 3.05) is 58.8 Å². The Bertz CT molecular complexity index is 1080. The maximum absolute atomic E-state index is 5.72. The molecule has 0 N–H and O–H groups in total. The molecule has 0 saturated carbocycles. The number of methoxy groups -OCH3 is 3. The fourth-order valence-corrected chi connectivity index (χ4v) is 4.85. The van der Waals surface area contributed by atoms with Crippen molar-refractivity contribution in [1.82, 2.24) is 14.8 Å². The maximum Gasteiger partial charge on any atom is 0.205 e. The Morgan fingerprint density at radius 3 is 2.12 bits per heavy atom. The average molecular weight is 521 g/mol. The zero-order valence-corrected chi connectivity index (χ0v) is 20.8. The number of thioether (sulfide) groups is 1. The fraction of sp³-hybridized carbons (Fsp3) is 0.364. The van der Waals surface area contributed by atoms with E-state index in [1.807, 2.05) is 16.9 Å². The molecule has 1 aliphatic heterocycles. The second-order valence-corrected chi connectivity index (χ2v) is 8.59. The SMILES string of the molecule is COc1c(Br)cc(-c2nnc(SC)n2-c2ccc(N3CCOCC3)cc2)c(OC)c1OC. The molecular formula is C22H25BrN4O4S. The Labute approximate surface area is 199 Å². The maximum atomic E-state index is 5.72. The van der Waals surface area contributed by atoms with Crippen molar-refractivity contribution >= 4 is 33.4 Å². The third-order valence-corrected chi connectivity index (χ3v) is 6.52. The number of ether oxygens (including phenoxy) is 4. The van der Waals surface area contributed by atoms with Crippen LogP contribution in [0.3, 0.4) is 0 Å². The Hall–Kier alpha value is -2.43. The van der Waals surface area contributed by atoms with E-state index in [-0.39, 0.29) is 0 Å². The van der Waals surface area contributed by atoms with Crippen LogP contribution in [0.15, 0.2) is 40.0 Å². The summed E-state index contributed by atoms with van der Waals surface area (Å²) in [4.78, 5) is 2.32. The summed E-state index contributed by atoms with van der Waals surface area (Å²) in [5, 5.41) is 9.67. The molecule has 0 amide bonds. The van der Waals surface area contributed by atoms with Crippen molar-refractivity contribution in [1.29, 1.82) is 0 Å². The van der Waals surface area contributed by atoms with Gasteiger partial charge in [-0.3, -0.25) is 4.57 Å². The molecule has 32 heavy (non-hydrogen) atoms. The van der Waals surface area contributed by atoms with Gasteiger partial charge in [0, 0.05) is 24.5 Å². The van der Waals surface area contributed by atoms with E-state index in [1.54, 1.807) is 21.3 Å². The average Bonchev–Trinajstić information content (AvgIpc) is 3.28. The zero-order valence-electron chi connectivity index (χ0n) is 18.4. The van der Waals surface area contributed by atoms with Gasteiger partial charge < -0.3 is 23.8 Å². The molecule has 0 bridgehead atoms. The molecule has 0 aliphatic carbocycles. The molecule has 2 heterocycles. The van der Waals surface area contributed by atoms with E-state index in [0.717, 1.165) is 47.2 Å². The van der Waals surface area contributed by atoms with Crippen LogP contribution in [0.25, 0.3) is 17.1 Å². The fourth-order valence-electron chi connectivity index (χ4n) is 3.78. The van der Waals surface area contributed by atoms with Crippen LogP contribution in [0.5, 0.6) is 17.2 Å². The van der Waals surface area contributed by atoms with Crippen molar-refractivity contribution in [3.8, 4) is 34.3 Å². The predicted molar refractivity (Wildman–Crippen MR) is 129 cm³/mol. The number of aromatic nitrogens is 3. The molecular weight excluding hydrogens is 496 g/mol. The summed E-state index contributed by atoms with van der Waals surface area (Å²) >= 11 is 5.11. The molecule has 8 nitrogen and oxygen atoms in total. The molecule has 0 unspecified atom stereocenters. The molecule has 0 spiro atoms. The number of hydrogen-bond acceptors (Lipinski definition) is 8. The summed E-state index contributed by atoms with van der Waals surface area (Å²) in [5.41, 5.74) is 2.87. The number of benzene rings is 2. The van der Waals surface area contributed by atoms with E-state index < -0.39 is 0 Å². The molecule has 0 radical (unpaired) electrons. The van der Waals surface area contributed by atoms with E-state index >= 15 is 0 Å². The van der Waals surface area contributed by atoms with Gasteiger partial charge >= 0.3 is 0 Å². The van der Waals surface area contributed by atoms with Crippen molar-refractivity contribution in [3.05, 3.63) is 34.8 Å². The number of halogens is 1. The molecule has 2 aromatic carbocycles. The van der Waals surface area contributed by atoms with E-state index in [9.17, 15) is 0 Å². The van der Waals surface area contributed by atoms with Crippen molar-refractivity contribution in [3.63, 3.8) is 0 Å². The Kier molecular flexibility index (Phi) is 7.12. The lowest BCUT2D eigenvalue weighted by Crippen LogP contribution is -2.36. The van der Waals surface area contributed by atoms with Crippen molar-refractivity contribution in [2.24, 2.45) is 0 Å². The molecule has 1 aliphatic rings. The van der Waals surface area contributed by atoms with Gasteiger partial charge in [0.15, 0.2) is 22.5 Å². The van der Waals surface area contributed by atoms with E-state index in [0.29, 0.717) is 23.1 Å². The van der Waals surface area contributed by atoms with Crippen LogP contribution in [0.2, 0.25) is 0 Å². The quantitative estimate of drug-likeness (QED) is 0.427. The van der Waals surface area contributed by atoms with Crippen LogP contribution in [0.1, 0.15) is 0 Å². The number of rotatable bonds is 7. The minimum Gasteiger partial charge on any atom is -0.492 e. The molecule has 3 aromatic rings. The summed E-state index contributed by atoms with van der Waals surface area (Å²) in [5.74, 6) is 2.21. The third-order valence-electron chi connectivity index (χ3n) is 5.30. The normalized spacial score (nSPS) is 13.8. The minimum absolute atomic E-state index is 0.488. The van der Waals surface area contributed by atoms with Crippen molar-refractivity contribution in [2.45, 2.75) is 5.16 Å². The topological polar surface area (TPSA) is 70.9 Å². The highest BCUT2D eigenvalue weighted by atomic mass is 79.9. The number of anilines is 1. The minimum atomic E-state index is 0.488. The van der Waals surface area contributed by atoms with Crippen molar-refractivity contribution < 1.29 is 18.9 Å². The van der Waals surface area contributed by atoms with Crippen LogP contribution in [0, 0.1) is 0 Å². The third kappa shape index (κ3) is 4.14. The lowest BCUT2D eigenvalue weighted by Gasteiger charge is -2.29. The van der Waals surface area contributed by atoms with Gasteiger partial charge in [0.25, 0.3) is 0 Å². The standard InChI is InChI=1S/C22H25BrN4O4S/c1-28-18-16(13-17(23)19(29-2)20(18)30-3)21-24-25-22(32-4)27(21)15-7-5-14(6-8-15)26-9-11-31-12-10-26/h5-8,13H,9-12H2,1-4H3. The molecule has 170 valence electrons. The largest absolute Gasteiger partial charge is 0.492 e. The smallest absolute Gasteiger partial charge is 0.205 e. The van der Waals surface area contributed by atoms with Crippen LogP contribution in [-0.2, 0) is 4.74 Å². The lowest BCUT2D eigenvalue weighted by molar-refractivity contribution is 0.122. The van der Waals surface area contributed by atoms with Gasteiger partial charge in [-0.1, -0.05) is 11.8 Å². The van der Waals surface area contributed by atoms with Gasteiger partial charge in [-0.2, -0.15) is 0 Å². The lowest BCUT2D eigenvalue weighted by atomic mass is 10.1. The van der Waals surface area contributed by atoms with Gasteiger partial charge in [0.1, 0.15) is 0 Å². The predicted octanol–water partition coefficient (Wildman–Crippen LogP) is 4.28. The molecule has 10 heteroatoms. The first-order chi connectivity index (χ1) is 15.6. The number of nitrogens with zero attached hydrogens (tertiary/aromatic N) is 4. The van der Waals surface area contributed by atoms with E-state index in [4.69, 9.17) is 18.9 Å². The first kappa shape index (κ1) is 22.8. The van der Waals surface area contributed by atoms with Gasteiger partial charge in [-0.15, -0.1) is 10.2 Å². The Morgan fingerprint density at radius 1 is 0.906 bits per heavy atom. The molecule has 1 fully saturated rings. The zero-order chi connectivity index (χ0) is 22.7. The Morgan fingerprint density at radius 2 is 1.53 bits per heavy atom. The summed E-state index contributed by atoms with van der Waals surface area (Å²) in [6.07, 6.45) is 1.98. The van der Waals surface area contributed by atoms with Gasteiger partial charge in [0.2, 0.25) is 5.75 Å². The van der Waals surface area contributed by atoms with Gasteiger partial charge in [-0.05, 0) is 52.5 Å². The summed E-state index contributed by atoms with van der Waals surface area (Å²) < 4.78 is 25.0. The van der Waals surface area contributed by atoms with Crippen LogP contribution in [-0.4, -0.2) is 68.7 Å². The number of hydrogen-bond donors (Lipinski definition) is 0. The van der Waals surface area contributed by atoms with Gasteiger partial charge in [0.05, 0.1) is 44.6 Å². The Balaban J connectivity index is 1.82. The first-order valence-electron chi connectivity index (χ1n) is 10.0. The van der Waals surface area contributed by atoms with Crippen LogP contribution < -0.4 is 19.1 Å². The highest BCUT2D eigenvalue weighted by molar-refractivity contribution is 9.10. The summed E-state index contributed by atoms with van der Waals surface area (Å²) in [6, 6.07) is 10.3. The molecule has 1 aromatic heterocycles. The second-order valence-electron chi connectivity index (χ2n) is 6.97. The molecule has 0 atom stereocenters. The highest BCUT2D eigenvalue weighted by Crippen LogP contribution is 2.48.